The fraction of sp³-hybridized carbons (Fsp3) is 0.231. The van der Waals surface area contributed by atoms with E-state index >= 15 is 0 Å². The third-order valence-corrected chi connectivity index (χ3v) is 5.97. The highest BCUT2D eigenvalue weighted by atomic mass is 16.7. The number of fused-ring (bicyclic) bond motifs is 1. The van der Waals surface area contributed by atoms with Crippen molar-refractivity contribution in [2.75, 3.05) is 23.7 Å². The van der Waals surface area contributed by atoms with E-state index in [-0.39, 0.29) is 11.8 Å². The molecule has 0 aromatic heterocycles. The highest BCUT2D eigenvalue weighted by Crippen LogP contribution is 2.48. The standard InChI is InChI=1S/C26H24N2O5/c1-3-32-20-14-12-18(13-15-20)27-25(29)22-23(17-8-7-11-21(16-17)31-2)28(33-24(22)26(27)30)19-9-5-4-6-10-19/h4-16,22-24H,3H2,1-2H3/t22-,23-,24+/m1/s1. The SMILES string of the molecule is CCOc1ccc(N2C(=O)[C@H]3[C@H](ON(c4ccccc4)[C@@H]3c3cccc(OC)c3)C2=O)cc1. The minimum Gasteiger partial charge on any atom is -0.497 e. The van der Waals surface area contributed by atoms with E-state index in [0.29, 0.717) is 23.8 Å². The Labute approximate surface area is 192 Å². The molecule has 0 radical (unpaired) electrons. The molecule has 0 bridgehead atoms. The number of amides is 2. The van der Waals surface area contributed by atoms with E-state index in [0.717, 1.165) is 11.3 Å². The van der Waals surface area contributed by atoms with Crippen molar-refractivity contribution in [3.8, 4) is 11.5 Å². The largest absolute Gasteiger partial charge is 0.497 e. The number of methoxy groups -OCH3 is 1. The van der Waals surface area contributed by atoms with Crippen molar-refractivity contribution in [2.24, 2.45) is 5.92 Å². The summed E-state index contributed by atoms with van der Waals surface area (Å²) in [6.45, 7) is 2.44. The first-order valence-electron chi connectivity index (χ1n) is 10.9. The van der Waals surface area contributed by atoms with Crippen molar-refractivity contribution < 1.29 is 23.9 Å². The van der Waals surface area contributed by atoms with Gasteiger partial charge in [0.05, 0.1) is 31.1 Å². The molecule has 3 atom stereocenters. The monoisotopic (exact) mass is 444 g/mol. The van der Waals surface area contributed by atoms with Gasteiger partial charge >= 0.3 is 0 Å². The Kier molecular flexibility index (Phi) is 5.48. The number of hydrogen-bond donors (Lipinski definition) is 0. The summed E-state index contributed by atoms with van der Waals surface area (Å²) in [6.07, 6.45) is -0.916. The van der Waals surface area contributed by atoms with Crippen molar-refractivity contribution in [1.82, 2.24) is 0 Å². The van der Waals surface area contributed by atoms with Gasteiger partial charge in [-0.05, 0) is 61.0 Å². The maximum Gasteiger partial charge on any atom is 0.266 e. The summed E-state index contributed by atoms with van der Waals surface area (Å²) in [5, 5.41) is 1.68. The van der Waals surface area contributed by atoms with Crippen LogP contribution in [0.15, 0.2) is 78.9 Å². The van der Waals surface area contributed by atoms with Crippen LogP contribution in [0.5, 0.6) is 11.5 Å². The Morgan fingerprint density at radius 3 is 2.30 bits per heavy atom. The van der Waals surface area contributed by atoms with Gasteiger partial charge in [-0.25, -0.2) is 9.96 Å². The first-order valence-corrected chi connectivity index (χ1v) is 10.9. The quantitative estimate of drug-likeness (QED) is 0.532. The van der Waals surface area contributed by atoms with Crippen molar-refractivity contribution >= 4 is 23.2 Å². The Morgan fingerprint density at radius 1 is 0.848 bits per heavy atom. The second-order valence-electron chi connectivity index (χ2n) is 7.87. The number of benzene rings is 3. The van der Waals surface area contributed by atoms with Crippen molar-refractivity contribution in [3.05, 3.63) is 84.4 Å². The maximum absolute atomic E-state index is 13.7. The third kappa shape index (κ3) is 3.60. The lowest BCUT2D eigenvalue weighted by molar-refractivity contribution is -0.126. The summed E-state index contributed by atoms with van der Waals surface area (Å²) in [6, 6.07) is 23.5. The molecule has 0 spiro atoms. The smallest absolute Gasteiger partial charge is 0.266 e. The molecule has 168 valence electrons. The topological polar surface area (TPSA) is 68.3 Å². The van der Waals surface area contributed by atoms with Crippen LogP contribution in [0.1, 0.15) is 18.5 Å². The van der Waals surface area contributed by atoms with Crippen LogP contribution in [0.2, 0.25) is 0 Å². The van der Waals surface area contributed by atoms with Crippen LogP contribution in [0, 0.1) is 5.92 Å². The van der Waals surface area contributed by atoms with Crippen molar-refractivity contribution in [1.29, 1.82) is 0 Å². The highest BCUT2D eigenvalue weighted by Gasteiger charge is 2.60. The molecule has 2 saturated heterocycles. The summed E-state index contributed by atoms with van der Waals surface area (Å²) in [5.41, 5.74) is 2.11. The summed E-state index contributed by atoms with van der Waals surface area (Å²) in [4.78, 5) is 34.4. The number of para-hydroxylation sites is 1. The molecule has 2 heterocycles. The predicted molar refractivity (Wildman–Crippen MR) is 123 cm³/mol. The number of carbonyl (C=O) groups excluding carboxylic acids is 2. The highest BCUT2D eigenvalue weighted by molar-refractivity contribution is 6.23. The Bertz CT molecular complexity index is 1160. The van der Waals surface area contributed by atoms with Crippen LogP contribution < -0.4 is 19.4 Å². The lowest BCUT2D eigenvalue weighted by Gasteiger charge is -2.29. The van der Waals surface area contributed by atoms with E-state index < -0.39 is 18.1 Å². The number of nitrogens with zero attached hydrogens (tertiary/aromatic N) is 2. The average Bonchev–Trinajstić information content (AvgIpc) is 3.36. The molecule has 0 saturated carbocycles. The van der Waals surface area contributed by atoms with Crippen LogP contribution in [0.3, 0.4) is 0 Å². The Morgan fingerprint density at radius 2 is 1.61 bits per heavy atom. The molecular weight excluding hydrogens is 420 g/mol. The molecule has 0 unspecified atom stereocenters. The molecule has 2 fully saturated rings. The Hall–Kier alpha value is -3.84. The zero-order chi connectivity index (χ0) is 22.9. The van der Waals surface area contributed by atoms with Gasteiger partial charge in [0.25, 0.3) is 5.91 Å². The zero-order valence-corrected chi connectivity index (χ0v) is 18.4. The zero-order valence-electron chi connectivity index (χ0n) is 18.4. The summed E-state index contributed by atoms with van der Waals surface area (Å²) in [7, 11) is 1.60. The number of hydrogen-bond acceptors (Lipinski definition) is 6. The molecule has 3 aromatic carbocycles. The van der Waals surface area contributed by atoms with E-state index in [1.165, 1.54) is 4.90 Å². The molecule has 0 aliphatic carbocycles. The van der Waals surface area contributed by atoms with Crippen LogP contribution in [-0.4, -0.2) is 31.6 Å². The first-order chi connectivity index (χ1) is 16.1. The first kappa shape index (κ1) is 21.0. The van der Waals surface area contributed by atoms with Gasteiger partial charge in [0, 0.05) is 0 Å². The van der Waals surface area contributed by atoms with Gasteiger partial charge < -0.3 is 9.47 Å². The van der Waals surface area contributed by atoms with Gasteiger partial charge in [-0.15, -0.1) is 0 Å². The second-order valence-corrected chi connectivity index (χ2v) is 7.87. The summed E-state index contributed by atoms with van der Waals surface area (Å²) >= 11 is 0. The second kappa shape index (κ2) is 8.60. The maximum atomic E-state index is 13.7. The Balaban J connectivity index is 1.54. The normalized spacial score (nSPS) is 21.9. The predicted octanol–water partition coefficient (Wildman–Crippen LogP) is 4.15. The number of imide groups is 1. The van der Waals surface area contributed by atoms with E-state index in [4.69, 9.17) is 14.3 Å². The fourth-order valence-corrected chi connectivity index (χ4v) is 4.49. The molecular formula is C26H24N2O5. The minimum absolute atomic E-state index is 0.291. The summed E-state index contributed by atoms with van der Waals surface area (Å²) < 4.78 is 10.9. The molecule has 0 N–H and O–H groups in total. The van der Waals surface area contributed by atoms with E-state index in [9.17, 15) is 9.59 Å². The average molecular weight is 444 g/mol. The van der Waals surface area contributed by atoms with Gasteiger partial charge in [0.15, 0.2) is 6.10 Å². The molecule has 2 aliphatic rings. The molecule has 2 amide bonds. The van der Waals surface area contributed by atoms with Crippen LogP contribution in [-0.2, 0) is 14.4 Å². The number of anilines is 2. The van der Waals surface area contributed by atoms with Crippen LogP contribution >= 0.6 is 0 Å². The number of ether oxygens (including phenoxy) is 2. The van der Waals surface area contributed by atoms with E-state index in [2.05, 4.69) is 0 Å². The number of carbonyl (C=O) groups is 2. The van der Waals surface area contributed by atoms with Crippen molar-refractivity contribution in [3.63, 3.8) is 0 Å². The van der Waals surface area contributed by atoms with Crippen LogP contribution in [0.25, 0.3) is 0 Å². The number of rotatable bonds is 6. The molecule has 3 aromatic rings. The van der Waals surface area contributed by atoms with E-state index in [1.807, 2.05) is 61.5 Å². The number of hydroxylamine groups is 1. The van der Waals surface area contributed by atoms with E-state index in [1.54, 1.807) is 36.4 Å². The lowest BCUT2D eigenvalue weighted by atomic mass is 9.90. The molecule has 33 heavy (non-hydrogen) atoms. The summed E-state index contributed by atoms with van der Waals surface area (Å²) in [5.74, 6) is -0.0114. The van der Waals surface area contributed by atoms with Gasteiger partial charge in [-0.2, -0.15) is 0 Å². The molecule has 7 heteroatoms. The molecule has 5 rings (SSSR count). The van der Waals surface area contributed by atoms with Gasteiger partial charge in [-0.3, -0.25) is 14.4 Å². The van der Waals surface area contributed by atoms with Gasteiger partial charge in [0.1, 0.15) is 17.4 Å². The van der Waals surface area contributed by atoms with Crippen LogP contribution in [0.4, 0.5) is 11.4 Å². The third-order valence-electron chi connectivity index (χ3n) is 5.97. The van der Waals surface area contributed by atoms with Crippen molar-refractivity contribution in [2.45, 2.75) is 19.1 Å². The molecule has 2 aliphatic heterocycles. The minimum atomic E-state index is -0.916. The lowest BCUT2D eigenvalue weighted by Crippen LogP contribution is -2.37. The van der Waals surface area contributed by atoms with Gasteiger partial charge in [0.2, 0.25) is 5.91 Å². The van der Waals surface area contributed by atoms with Gasteiger partial charge in [-0.1, -0.05) is 30.3 Å². The fourth-order valence-electron chi connectivity index (χ4n) is 4.49. The molecule has 7 nitrogen and oxygen atoms in total.